The number of hydrogen-bond donors (Lipinski definition) is 3. The molecule has 0 spiro atoms. The van der Waals surface area contributed by atoms with Gasteiger partial charge in [0.05, 0.1) is 18.1 Å². The predicted molar refractivity (Wildman–Crippen MR) is 63.9 cm³/mol. The zero-order valence-corrected chi connectivity index (χ0v) is 10.4. The van der Waals surface area contributed by atoms with Crippen molar-refractivity contribution < 1.29 is 19.7 Å². The molecule has 100 valence electrons. The summed E-state index contributed by atoms with van der Waals surface area (Å²) in [6.07, 6.45) is 2.26. The molecule has 1 aliphatic rings. The van der Waals surface area contributed by atoms with Crippen molar-refractivity contribution in [2.24, 2.45) is 5.92 Å². The Balaban J connectivity index is 2.18. The van der Waals surface area contributed by atoms with Crippen molar-refractivity contribution in [2.45, 2.75) is 38.2 Å². The van der Waals surface area contributed by atoms with Crippen LogP contribution in [0.5, 0.6) is 0 Å². The van der Waals surface area contributed by atoms with Crippen LogP contribution in [0.25, 0.3) is 0 Å². The smallest absolute Gasteiger partial charge is 0.306 e. The predicted octanol–water partition coefficient (Wildman–Crippen LogP) is 0.618. The summed E-state index contributed by atoms with van der Waals surface area (Å²) in [5, 5.41) is 22.3. The number of ether oxygens (including phenoxy) is 1. The van der Waals surface area contributed by atoms with Gasteiger partial charge < -0.3 is 20.3 Å². The third-order valence-corrected chi connectivity index (χ3v) is 3.35. The number of nitrogens with one attached hydrogen (secondary N) is 1. The largest absolute Gasteiger partial charge is 0.481 e. The summed E-state index contributed by atoms with van der Waals surface area (Å²) in [7, 11) is 0. The first kappa shape index (κ1) is 14.4. The van der Waals surface area contributed by atoms with Crippen LogP contribution in [0.2, 0.25) is 0 Å². The maximum absolute atomic E-state index is 10.8. The van der Waals surface area contributed by atoms with E-state index in [0.29, 0.717) is 45.4 Å². The van der Waals surface area contributed by atoms with Crippen molar-refractivity contribution in [2.75, 3.05) is 26.3 Å². The van der Waals surface area contributed by atoms with Crippen molar-refractivity contribution in [3.05, 3.63) is 0 Å². The van der Waals surface area contributed by atoms with Crippen molar-refractivity contribution in [3.63, 3.8) is 0 Å². The van der Waals surface area contributed by atoms with E-state index in [9.17, 15) is 9.90 Å². The van der Waals surface area contributed by atoms with Crippen LogP contribution in [-0.2, 0) is 9.53 Å². The molecule has 1 fully saturated rings. The summed E-state index contributed by atoms with van der Waals surface area (Å²) in [4.78, 5) is 10.8. The second-order valence-electron chi connectivity index (χ2n) is 4.71. The van der Waals surface area contributed by atoms with Gasteiger partial charge in [0.2, 0.25) is 0 Å². The fourth-order valence-electron chi connectivity index (χ4n) is 2.19. The molecule has 0 heterocycles. The van der Waals surface area contributed by atoms with Crippen LogP contribution < -0.4 is 5.32 Å². The lowest BCUT2D eigenvalue weighted by Crippen LogP contribution is -2.45. The van der Waals surface area contributed by atoms with Crippen molar-refractivity contribution in [1.82, 2.24) is 5.32 Å². The van der Waals surface area contributed by atoms with E-state index >= 15 is 0 Å². The molecular formula is C12H23NO4. The number of carboxylic acids is 1. The van der Waals surface area contributed by atoms with Gasteiger partial charge in [0.1, 0.15) is 0 Å². The maximum atomic E-state index is 10.8. The molecule has 0 aromatic carbocycles. The van der Waals surface area contributed by atoms with Gasteiger partial charge in [0, 0.05) is 19.7 Å². The lowest BCUT2D eigenvalue weighted by Gasteiger charge is -2.34. The second-order valence-corrected chi connectivity index (χ2v) is 4.71. The fourth-order valence-corrected chi connectivity index (χ4v) is 2.19. The van der Waals surface area contributed by atoms with Gasteiger partial charge in [0.15, 0.2) is 0 Å². The van der Waals surface area contributed by atoms with Crippen LogP contribution in [0.1, 0.15) is 32.6 Å². The highest BCUT2D eigenvalue weighted by Crippen LogP contribution is 2.31. The van der Waals surface area contributed by atoms with Crippen LogP contribution >= 0.6 is 0 Å². The van der Waals surface area contributed by atoms with Gasteiger partial charge >= 0.3 is 5.97 Å². The minimum Gasteiger partial charge on any atom is -0.481 e. The molecule has 5 heteroatoms. The molecule has 1 saturated carbocycles. The molecule has 0 aliphatic heterocycles. The van der Waals surface area contributed by atoms with Crippen LogP contribution in [0.4, 0.5) is 0 Å². The van der Waals surface area contributed by atoms with Gasteiger partial charge in [0.25, 0.3) is 0 Å². The summed E-state index contributed by atoms with van der Waals surface area (Å²) in [6.45, 7) is 4.53. The minimum absolute atomic E-state index is 0.279. The van der Waals surface area contributed by atoms with Gasteiger partial charge in [-0.3, -0.25) is 4.79 Å². The van der Waals surface area contributed by atoms with Crippen LogP contribution in [0, 0.1) is 5.92 Å². The highest BCUT2D eigenvalue weighted by atomic mass is 16.5. The lowest BCUT2D eigenvalue weighted by atomic mass is 9.79. The Hall–Kier alpha value is -0.650. The molecule has 1 rings (SSSR count). The standard InChI is InChI=1S/C12H23NO4/c1-2-17-8-7-13-9-12(16)5-3-10(4-6-12)11(14)15/h10,13,16H,2-9H2,1H3,(H,14,15). The third-order valence-electron chi connectivity index (χ3n) is 3.35. The fraction of sp³-hybridized carbons (Fsp3) is 0.917. The van der Waals surface area contributed by atoms with Crippen LogP contribution in [0.15, 0.2) is 0 Å². The summed E-state index contributed by atoms with van der Waals surface area (Å²) in [5.41, 5.74) is -0.738. The highest BCUT2D eigenvalue weighted by molar-refractivity contribution is 5.70. The average Bonchev–Trinajstić information content (AvgIpc) is 2.29. The Kier molecular flexibility index (Phi) is 5.88. The van der Waals surface area contributed by atoms with E-state index < -0.39 is 11.6 Å². The van der Waals surface area contributed by atoms with Crippen molar-refractivity contribution in [1.29, 1.82) is 0 Å². The highest BCUT2D eigenvalue weighted by Gasteiger charge is 2.35. The molecule has 0 amide bonds. The second kappa shape index (κ2) is 6.93. The molecule has 0 unspecified atom stereocenters. The molecule has 5 nitrogen and oxygen atoms in total. The van der Waals surface area contributed by atoms with Gasteiger partial charge in [-0.15, -0.1) is 0 Å². The Morgan fingerprint density at radius 2 is 2.12 bits per heavy atom. The van der Waals surface area contributed by atoms with Crippen molar-refractivity contribution in [3.8, 4) is 0 Å². The maximum Gasteiger partial charge on any atom is 0.306 e. The average molecular weight is 245 g/mol. The molecule has 0 radical (unpaired) electrons. The van der Waals surface area contributed by atoms with Crippen molar-refractivity contribution >= 4 is 5.97 Å². The molecule has 0 atom stereocenters. The molecular weight excluding hydrogens is 222 g/mol. The first-order chi connectivity index (χ1) is 8.07. The zero-order chi connectivity index (χ0) is 12.7. The molecule has 0 aromatic rings. The van der Waals surface area contributed by atoms with E-state index in [-0.39, 0.29) is 5.92 Å². The number of aliphatic carboxylic acids is 1. The van der Waals surface area contributed by atoms with E-state index in [1.54, 1.807) is 0 Å². The number of aliphatic hydroxyl groups is 1. The number of carboxylic acid groups (broad SMARTS) is 1. The van der Waals surface area contributed by atoms with Gasteiger partial charge in [-0.25, -0.2) is 0 Å². The monoisotopic (exact) mass is 245 g/mol. The van der Waals surface area contributed by atoms with E-state index in [2.05, 4.69) is 5.32 Å². The topological polar surface area (TPSA) is 78.8 Å². The van der Waals surface area contributed by atoms with E-state index in [1.807, 2.05) is 6.92 Å². The summed E-state index contributed by atoms with van der Waals surface area (Å²) < 4.78 is 5.18. The molecule has 3 N–H and O–H groups in total. The number of hydrogen-bond acceptors (Lipinski definition) is 4. The summed E-state index contributed by atoms with van der Waals surface area (Å²) in [6, 6.07) is 0. The van der Waals surface area contributed by atoms with Crippen LogP contribution in [0.3, 0.4) is 0 Å². The molecule has 17 heavy (non-hydrogen) atoms. The Labute approximate surface area is 102 Å². The summed E-state index contributed by atoms with van der Waals surface area (Å²) in [5.74, 6) is -1.02. The summed E-state index contributed by atoms with van der Waals surface area (Å²) >= 11 is 0. The SMILES string of the molecule is CCOCCNCC1(O)CCC(C(=O)O)CC1. The normalized spacial score (nSPS) is 29.2. The van der Waals surface area contributed by atoms with E-state index in [4.69, 9.17) is 9.84 Å². The van der Waals surface area contributed by atoms with Gasteiger partial charge in [-0.2, -0.15) is 0 Å². The first-order valence-corrected chi connectivity index (χ1v) is 6.31. The lowest BCUT2D eigenvalue weighted by molar-refractivity contribution is -0.144. The van der Waals surface area contributed by atoms with Gasteiger partial charge in [-0.1, -0.05) is 0 Å². The van der Waals surface area contributed by atoms with Crippen LogP contribution in [-0.4, -0.2) is 48.1 Å². The minimum atomic E-state index is -0.739. The Morgan fingerprint density at radius 3 is 2.65 bits per heavy atom. The molecule has 0 aromatic heterocycles. The number of rotatable bonds is 7. The zero-order valence-electron chi connectivity index (χ0n) is 10.4. The van der Waals surface area contributed by atoms with E-state index in [0.717, 1.165) is 6.54 Å². The quantitative estimate of drug-likeness (QED) is 0.573. The third kappa shape index (κ3) is 5.02. The Bertz CT molecular complexity index is 237. The molecule has 0 bridgehead atoms. The van der Waals surface area contributed by atoms with Gasteiger partial charge in [-0.05, 0) is 32.6 Å². The Morgan fingerprint density at radius 1 is 1.47 bits per heavy atom. The molecule has 1 aliphatic carbocycles. The molecule has 0 saturated heterocycles. The number of carbonyl (C=O) groups is 1. The van der Waals surface area contributed by atoms with E-state index in [1.165, 1.54) is 0 Å². The first-order valence-electron chi connectivity index (χ1n) is 6.31.